The molecule has 0 spiro atoms. The maximum Gasteiger partial charge on any atom is 0.254 e. The number of hydrogen-bond donors (Lipinski definition) is 2. The third-order valence-corrected chi connectivity index (χ3v) is 5.55. The first-order valence-corrected chi connectivity index (χ1v) is 9.81. The number of aromatic amines is 1. The van der Waals surface area contributed by atoms with Crippen molar-refractivity contribution in [1.29, 1.82) is 5.26 Å². The van der Waals surface area contributed by atoms with Crippen LogP contribution in [0.4, 0.5) is 0 Å². The number of aromatic nitrogens is 2. The van der Waals surface area contributed by atoms with Crippen LogP contribution in [0.5, 0.6) is 0 Å². The van der Waals surface area contributed by atoms with Crippen LogP contribution in [0.2, 0.25) is 0 Å². The van der Waals surface area contributed by atoms with Crippen molar-refractivity contribution in [3.8, 4) is 17.2 Å². The highest BCUT2D eigenvalue weighted by atomic mass is 16.2. The number of primary amides is 1. The average molecular weight is 399 g/mol. The molecule has 1 saturated heterocycles. The predicted molar refractivity (Wildman–Crippen MR) is 112 cm³/mol. The third-order valence-electron chi connectivity index (χ3n) is 5.55. The van der Waals surface area contributed by atoms with Gasteiger partial charge in [-0.2, -0.15) is 10.4 Å². The summed E-state index contributed by atoms with van der Waals surface area (Å²) >= 11 is 0. The van der Waals surface area contributed by atoms with Crippen LogP contribution >= 0.6 is 0 Å². The van der Waals surface area contributed by atoms with Gasteiger partial charge in [-0.15, -0.1) is 0 Å². The van der Waals surface area contributed by atoms with Crippen LogP contribution in [0.1, 0.15) is 50.7 Å². The minimum Gasteiger partial charge on any atom is -0.365 e. The van der Waals surface area contributed by atoms with E-state index in [0.29, 0.717) is 35.5 Å². The number of nitrogens with two attached hydrogens (primary N) is 1. The highest BCUT2D eigenvalue weighted by molar-refractivity contribution is 6.01. The molecule has 3 aromatic rings. The Morgan fingerprint density at radius 1 is 1.10 bits per heavy atom. The zero-order valence-electron chi connectivity index (χ0n) is 16.3. The molecule has 1 unspecified atom stereocenters. The lowest BCUT2D eigenvalue weighted by atomic mass is 9.91. The normalized spacial score (nSPS) is 16.1. The minimum absolute atomic E-state index is 0.0359. The van der Waals surface area contributed by atoms with Crippen LogP contribution in [0, 0.1) is 11.3 Å². The van der Waals surface area contributed by atoms with Gasteiger partial charge in [0.1, 0.15) is 0 Å². The van der Waals surface area contributed by atoms with Gasteiger partial charge in [0.05, 0.1) is 29.1 Å². The molecule has 3 N–H and O–H groups in total. The quantitative estimate of drug-likeness (QED) is 0.701. The summed E-state index contributed by atoms with van der Waals surface area (Å²) in [6.07, 6.45) is 3.09. The smallest absolute Gasteiger partial charge is 0.254 e. The lowest BCUT2D eigenvalue weighted by Gasteiger charge is -2.33. The standard InChI is InChI=1S/C23H21N5O2/c24-12-15-6-1-2-8-17(15)18-9-3-4-10-19(18)23(30)28-11-5-7-16(14-28)21-20(22(25)29)13-26-27-21/h1-4,6,8-10,13,16H,5,7,11,14H2,(H2,25,29)(H,26,27). The van der Waals surface area contributed by atoms with Gasteiger partial charge >= 0.3 is 0 Å². The van der Waals surface area contributed by atoms with Gasteiger partial charge in [0.25, 0.3) is 11.8 Å². The Hall–Kier alpha value is -3.92. The predicted octanol–water partition coefficient (Wildman–Crippen LogP) is 3.07. The SMILES string of the molecule is N#Cc1ccccc1-c1ccccc1C(=O)N1CCCC(c2[nH]ncc2C(N)=O)C1. The average Bonchev–Trinajstić information content (AvgIpc) is 3.29. The van der Waals surface area contributed by atoms with Crippen molar-refractivity contribution in [2.75, 3.05) is 13.1 Å². The number of rotatable bonds is 4. The number of nitrogens with zero attached hydrogens (tertiary/aromatic N) is 3. The molecule has 150 valence electrons. The summed E-state index contributed by atoms with van der Waals surface area (Å²) in [5, 5.41) is 16.3. The summed E-state index contributed by atoms with van der Waals surface area (Å²) in [5.41, 5.74) is 9.07. The first kappa shape index (κ1) is 19.4. The number of benzene rings is 2. The lowest BCUT2D eigenvalue weighted by molar-refractivity contribution is 0.0706. The van der Waals surface area contributed by atoms with Gasteiger partial charge in [0.15, 0.2) is 0 Å². The van der Waals surface area contributed by atoms with Gasteiger partial charge in [0.2, 0.25) is 0 Å². The van der Waals surface area contributed by atoms with Gasteiger partial charge in [-0.25, -0.2) is 0 Å². The van der Waals surface area contributed by atoms with E-state index < -0.39 is 5.91 Å². The molecule has 30 heavy (non-hydrogen) atoms. The number of hydrogen-bond acceptors (Lipinski definition) is 4. The molecule has 0 aliphatic carbocycles. The number of carbonyl (C=O) groups excluding carboxylic acids is 2. The number of amides is 2. The van der Waals surface area contributed by atoms with Crippen molar-refractivity contribution >= 4 is 11.8 Å². The summed E-state index contributed by atoms with van der Waals surface area (Å²) in [6.45, 7) is 1.10. The molecule has 0 bridgehead atoms. The number of carbonyl (C=O) groups is 2. The molecule has 0 radical (unpaired) electrons. The monoisotopic (exact) mass is 399 g/mol. The van der Waals surface area contributed by atoms with Gasteiger partial charge in [-0.3, -0.25) is 14.7 Å². The second-order valence-electron chi connectivity index (χ2n) is 7.35. The molecular weight excluding hydrogens is 378 g/mol. The fourth-order valence-corrected chi connectivity index (χ4v) is 4.09. The minimum atomic E-state index is -0.527. The second kappa shape index (κ2) is 8.21. The summed E-state index contributed by atoms with van der Waals surface area (Å²) in [4.78, 5) is 26.9. The Kier molecular flexibility index (Phi) is 5.31. The summed E-state index contributed by atoms with van der Waals surface area (Å²) in [7, 11) is 0. The third kappa shape index (κ3) is 3.55. The fraction of sp³-hybridized carbons (Fsp3) is 0.217. The second-order valence-corrected chi connectivity index (χ2v) is 7.35. The summed E-state index contributed by atoms with van der Waals surface area (Å²) in [6, 6.07) is 16.8. The van der Waals surface area contributed by atoms with Crippen molar-refractivity contribution in [2.45, 2.75) is 18.8 Å². The number of piperidine rings is 1. The molecule has 0 saturated carbocycles. The highest BCUT2D eigenvalue weighted by Gasteiger charge is 2.30. The van der Waals surface area contributed by atoms with E-state index in [-0.39, 0.29) is 11.8 Å². The lowest BCUT2D eigenvalue weighted by Crippen LogP contribution is -2.39. The molecule has 7 heteroatoms. The molecule has 4 rings (SSSR count). The molecule has 2 heterocycles. The molecular formula is C23H21N5O2. The van der Waals surface area contributed by atoms with Crippen LogP contribution in [0.15, 0.2) is 54.7 Å². The maximum absolute atomic E-state index is 13.5. The van der Waals surface area contributed by atoms with E-state index >= 15 is 0 Å². The van der Waals surface area contributed by atoms with E-state index in [1.54, 1.807) is 17.0 Å². The van der Waals surface area contributed by atoms with Gasteiger partial charge in [0, 0.05) is 30.1 Å². The Bertz CT molecular complexity index is 1140. The van der Waals surface area contributed by atoms with Gasteiger partial charge in [-0.05, 0) is 30.5 Å². The molecule has 1 fully saturated rings. The Morgan fingerprint density at radius 2 is 1.83 bits per heavy atom. The van der Waals surface area contributed by atoms with Gasteiger partial charge < -0.3 is 10.6 Å². The zero-order chi connectivity index (χ0) is 21.1. The Labute approximate surface area is 174 Å². The van der Waals surface area contributed by atoms with Gasteiger partial charge in [-0.1, -0.05) is 36.4 Å². The molecule has 1 aromatic heterocycles. The first-order valence-electron chi connectivity index (χ1n) is 9.81. The Morgan fingerprint density at radius 3 is 2.60 bits per heavy atom. The molecule has 1 aliphatic rings. The van der Waals surface area contributed by atoms with Crippen molar-refractivity contribution < 1.29 is 9.59 Å². The Balaban J connectivity index is 1.65. The molecule has 2 aromatic carbocycles. The molecule has 1 aliphatic heterocycles. The number of likely N-dealkylation sites (tertiary alicyclic amines) is 1. The maximum atomic E-state index is 13.5. The van der Waals surface area contributed by atoms with Crippen molar-refractivity contribution in [2.24, 2.45) is 5.73 Å². The largest absolute Gasteiger partial charge is 0.365 e. The van der Waals surface area contributed by atoms with Crippen molar-refractivity contribution in [3.63, 3.8) is 0 Å². The van der Waals surface area contributed by atoms with E-state index in [2.05, 4.69) is 16.3 Å². The van der Waals surface area contributed by atoms with E-state index in [1.807, 2.05) is 36.4 Å². The number of H-pyrrole nitrogens is 1. The molecule has 7 nitrogen and oxygen atoms in total. The van der Waals surface area contributed by atoms with E-state index in [0.717, 1.165) is 24.0 Å². The van der Waals surface area contributed by atoms with Crippen LogP contribution in [0.3, 0.4) is 0 Å². The topological polar surface area (TPSA) is 116 Å². The highest BCUT2D eigenvalue weighted by Crippen LogP contribution is 2.31. The van der Waals surface area contributed by atoms with Crippen LogP contribution < -0.4 is 5.73 Å². The zero-order valence-corrected chi connectivity index (χ0v) is 16.3. The van der Waals surface area contributed by atoms with Crippen LogP contribution in [-0.2, 0) is 0 Å². The van der Waals surface area contributed by atoms with E-state index in [4.69, 9.17) is 5.73 Å². The number of nitrogens with one attached hydrogen (secondary N) is 1. The van der Waals surface area contributed by atoms with Crippen LogP contribution in [-0.4, -0.2) is 40.0 Å². The van der Waals surface area contributed by atoms with E-state index in [9.17, 15) is 14.9 Å². The van der Waals surface area contributed by atoms with E-state index in [1.165, 1.54) is 6.20 Å². The van der Waals surface area contributed by atoms with Crippen molar-refractivity contribution in [3.05, 3.63) is 77.1 Å². The van der Waals surface area contributed by atoms with Crippen LogP contribution in [0.25, 0.3) is 11.1 Å². The van der Waals surface area contributed by atoms with Crippen molar-refractivity contribution in [1.82, 2.24) is 15.1 Å². The molecule has 1 atom stereocenters. The number of nitriles is 1. The molecule has 2 amide bonds. The summed E-state index contributed by atoms with van der Waals surface area (Å²) in [5.74, 6) is -0.657. The fourth-order valence-electron chi connectivity index (χ4n) is 4.09. The summed E-state index contributed by atoms with van der Waals surface area (Å²) < 4.78 is 0. The first-order chi connectivity index (χ1) is 14.6.